The van der Waals surface area contributed by atoms with E-state index in [0.717, 1.165) is 32.2 Å². The number of hydrogen-bond donors (Lipinski definition) is 2. The van der Waals surface area contributed by atoms with Crippen molar-refractivity contribution in [3.05, 3.63) is 0 Å². The first-order valence-corrected chi connectivity index (χ1v) is 9.04. The maximum absolute atomic E-state index is 12.4. The molecule has 0 aromatic rings. The molecule has 126 valence electrons. The number of hydrogen-bond acceptors (Lipinski definition) is 4. The molecular weight excluding hydrogens is 314 g/mol. The molecule has 8 heteroatoms. The first-order chi connectivity index (χ1) is 9.15. The summed E-state index contributed by atoms with van der Waals surface area (Å²) in [5.74, 6) is 0.454. The first kappa shape index (κ1) is 20.6. The minimum atomic E-state index is -3.40. The van der Waals surface area contributed by atoms with Gasteiger partial charge in [-0.2, -0.15) is 0 Å². The Kier molecular flexibility index (Phi) is 8.17. The van der Waals surface area contributed by atoms with E-state index in [1.54, 1.807) is 18.7 Å². The number of piperidine rings is 1. The van der Waals surface area contributed by atoms with Gasteiger partial charge >= 0.3 is 0 Å². The van der Waals surface area contributed by atoms with Gasteiger partial charge in [-0.15, -0.1) is 12.4 Å². The Morgan fingerprint density at radius 1 is 1.29 bits per heavy atom. The molecule has 0 aliphatic carbocycles. The minimum absolute atomic E-state index is 0. The van der Waals surface area contributed by atoms with E-state index < -0.39 is 15.6 Å². The van der Waals surface area contributed by atoms with Crippen LogP contribution in [0.25, 0.3) is 0 Å². The molecule has 1 aliphatic heterocycles. The van der Waals surface area contributed by atoms with Crippen LogP contribution >= 0.6 is 12.4 Å². The molecule has 0 unspecified atom stereocenters. The van der Waals surface area contributed by atoms with Crippen molar-refractivity contribution in [2.45, 2.75) is 39.2 Å². The highest BCUT2D eigenvalue weighted by atomic mass is 35.5. The molecule has 1 amide bonds. The summed E-state index contributed by atoms with van der Waals surface area (Å²) in [5.41, 5.74) is -1.08. The topological polar surface area (TPSA) is 78.5 Å². The number of amides is 1. The van der Waals surface area contributed by atoms with Crippen LogP contribution in [-0.4, -0.2) is 57.2 Å². The molecule has 21 heavy (non-hydrogen) atoms. The van der Waals surface area contributed by atoms with Crippen molar-refractivity contribution >= 4 is 28.3 Å². The Morgan fingerprint density at radius 2 is 1.81 bits per heavy atom. The molecule has 0 aromatic heterocycles. The molecule has 0 aromatic carbocycles. The molecule has 1 fully saturated rings. The minimum Gasteiger partial charge on any atom is -0.341 e. The van der Waals surface area contributed by atoms with Crippen LogP contribution in [0.4, 0.5) is 0 Å². The number of carbonyl (C=O) groups excluding carboxylic acids is 1. The number of halogens is 1. The molecule has 1 rings (SSSR count). The molecule has 0 radical (unpaired) electrons. The van der Waals surface area contributed by atoms with Crippen molar-refractivity contribution in [3.8, 4) is 0 Å². The van der Waals surface area contributed by atoms with Gasteiger partial charge in [-0.05, 0) is 45.7 Å². The van der Waals surface area contributed by atoms with Crippen molar-refractivity contribution in [3.63, 3.8) is 0 Å². The van der Waals surface area contributed by atoms with Gasteiger partial charge in [0.25, 0.3) is 0 Å². The zero-order valence-corrected chi connectivity index (χ0v) is 14.9. The molecule has 0 saturated carbocycles. The Morgan fingerprint density at radius 3 is 2.24 bits per heavy atom. The molecule has 0 spiro atoms. The van der Waals surface area contributed by atoms with Crippen LogP contribution in [0.5, 0.6) is 0 Å². The third-order valence-electron chi connectivity index (χ3n) is 3.56. The smallest absolute Gasteiger partial charge is 0.243 e. The second-order valence-electron chi connectivity index (χ2n) is 6.04. The monoisotopic (exact) mass is 341 g/mol. The van der Waals surface area contributed by atoms with E-state index in [9.17, 15) is 13.2 Å². The van der Waals surface area contributed by atoms with Crippen LogP contribution in [0.15, 0.2) is 0 Å². The van der Waals surface area contributed by atoms with Crippen LogP contribution in [0.3, 0.4) is 0 Å². The SMILES string of the molecule is CCNCC1CCN(C(=O)C(C)(C)NS(C)(=O)=O)CC1.Cl. The van der Waals surface area contributed by atoms with E-state index in [2.05, 4.69) is 17.0 Å². The lowest BCUT2D eigenvalue weighted by Gasteiger charge is -2.37. The van der Waals surface area contributed by atoms with Crippen LogP contribution < -0.4 is 10.0 Å². The standard InChI is InChI=1S/C13H27N3O3S.ClH/c1-5-14-10-11-6-8-16(9-7-11)12(17)13(2,3)15-20(4,18)19;/h11,14-15H,5-10H2,1-4H3;1H. The fourth-order valence-corrected chi connectivity index (χ4v) is 3.61. The highest BCUT2D eigenvalue weighted by molar-refractivity contribution is 7.88. The van der Waals surface area contributed by atoms with Gasteiger partial charge in [0, 0.05) is 13.1 Å². The summed E-state index contributed by atoms with van der Waals surface area (Å²) < 4.78 is 25.0. The van der Waals surface area contributed by atoms with Crippen molar-refractivity contribution in [2.75, 3.05) is 32.4 Å². The maximum Gasteiger partial charge on any atom is 0.243 e. The fourth-order valence-electron chi connectivity index (χ4n) is 2.59. The molecule has 1 saturated heterocycles. The highest BCUT2D eigenvalue weighted by Crippen LogP contribution is 2.19. The Bertz CT molecular complexity index is 432. The van der Waals surface area contributed by atoms with Gasteiger partial charge in [-0.1, -0.05) is 6.92 Å². The molecule has 1 aliphatic rings. The Balaban J connectivity index is 0.00000400. The maximum atomic E-state index is 12.4. The normalized spacial score (nSPS) is 17.4. The van der Waals surface area contributed by atoms with Crippen molar-refractivity contribution < 1.29 is 13.2 Å². The van der Waals surface area contributed by atoms with Gasteiger partial charge in [-0.3, -0.25) is 4.79 Å². The molecule has 1 heterocycles. The number of rotatable bonds is 6. The second kappa shape index (κ2) is 8.31. The summed E-state index contributed by atoms with van der Waals surface area (Å²) in [6.07, 6.45) is 3.01. The largest absolute Gasteiger partial charge is 0.341 e. The number of nitrogens with one attached hydrogen (secondary N) is 2. The van der Waals surface area contributed by atoms with Gasteiger partial charge in [0.1, 0.15) is 5.54 Å². The molecule has 2 N–H and O–H groups in total. The van der Waals surface area contributed by atoms with E-state index >= 15 is 0 Å². The summed E-state index contributed by atoms with van der Waals surface area (Å²) >= 11 is 0. The van der Waals surface area contributed by atoms with Crippen LogP contribution in [-0.2, 0) is 14.8 Å². The number of likely N-dealkylation sites (tertiary alicyclic amines) is 1. The van der Waals surface area contributed by atoms with Crippen molar-refractivity contribution in [1.82, 2.24) is 14.9 Å². The lowest BCUT2D eigenvalue weighted by atomic mass is 9.95. The lowest BCUT2D eigenvalue weighted by Crippen LogP contribution is -2.57. The Labute approximate surface area is 134 Å². The van der Waals surface area contributed by atoms with Crippen LogP contribution in [0.1, 0.15) is 33.6 Å². The predicted molar refractivity (Wildman–Crippen MR) is 87.2 cm³/mol. The van der Waals surface area contributed by atoms with Gasteiger partial charge in [0.05, 0.1) is 6.26 Å². The van der Waals surface area contributed by atoms with E-state index in [1.165, 1.54) is 0 Å². The Hall–Kier alpha value is -0.370. The molecular formula is C13H28ClN3O3S. The quantitative estimate of drug-likeness (QED) is 0.741. The van der Waals surface area contributed by atoms with Gasteiger partial charge in [0.15, 0.2) is 0 Å². The third-order valence-corrected chi connectivity index (χ3v) is 4.44. The van der Waals surface area contributed by atoms with Crippen molar-refractivity contribution in [2.24, 2.45) is 5.92 Å². The predicted octanol–water partition coefficient (Wildman–Crippen LogP) is 0.584. The second-order valence-corrected chi connectivity index (χ2v) is 7.79. The molecule has 0 bridgehead atoms. The average Bonchev–Trinajstić information content (AvgIpc) is 2.33. The number of sulfonamides is 1. The summed E-state index contributed by atoms with van der Waals surface area (Å²) in [4.78, 5) is 14.2. The fraction of sp³-hybridized carbons (Fsp3) is 0.923. The summed E-state index contributed by atoms with van der Waals surface area (Å²) in [6, 6.07) is 0. The number of nitrogens with zero attached hydrogens (tertiary/aromatic N) is 1. The van der Waals surface area contributed by atoms with Gasteiger partial charge in [-0.25, -0.2) is 13.1 Å². The van der Waals surface area contributed by atoms with E-state index in [4.69, 9.17) is 0 Å². The van der Waals surface area contributed by atoms with Crippen molar-refractivity contribution in [1.29, 1.82) is 0 Å². The van der Waals surface area contributed by atoms with Gasteiger partial charge < -0.3 is 10.2 Å². The van der Waals surface area contributed by atoms with Gasteiger partial charge in [0.2, 0.25) is 15.9 Å². The molecule has 0 atom stereocenters. The van der Waals surface area contributed by atoms with E-state index in [0.29, 0.717) is 19.0 Å². The average molecular weight is 342 g/mol. The summed E-state index contributed by atoms with van der Waals surface area (Å²) in [7, 11) is -3.40. The zero-order valence-electron chi connectivity index (χ0n) is 13.3. The highest BCUT2D eigenvalue weighted by Gasteiger charge is 2.35. The first-order valence-electron chi connectivity index (χ1n) is 7.14. The van der Waals surface area contributed by atoms with Crippen LogP contribution in [0, 0.1) is 5.92 Å². The third kappa shape index (κ3) is 6.95. The zero-order chi connectivity index (χ0) is 15.4. The molecule has 6 nitrogen and oxygen atoms in total. The summed E-state index contributed by atoms with van der Waals surface area (Å²) in [5, 5.41) is 3.33. The number of carbonyl (C=O) groups is 1. The van der Waals surface area contributed by atoms with E-state index in [1.807, 2.05) is 0 Å². The lowest BCUT2D eigenvalue weighted by molar-refractivity contribution is -0.137. The van der Waals surface area contributed by atoms with Crippen LogP contribution in [0.2, 0.25) is 0 Å². The summed E-state index contributed by atoms with van der Waals surface area (Å²) in [6.45, 7) is 8.65. The van der Waals surface area contributed by atoms with E-state index in [-0.39, 0.29) is 18.3 Å².